The smallest absolute Gasteiger partial charge is 0.255 e. The van der Waals surface area contributed by atoms with Gasteiger partial charge in [0.2, 0.25) is 0 Å². The number of rotatable bonds is 5. The molecule has 1 unspecified atom stereocenters. The van der Waals surface area contributed by atoms with Gasteiger partial charge in [-0.25, -0.2) is 13.4 Å². The third kappa shape index (κ3) is 4.19. The van der Waals surface area contributed by atoms with Gasteiger partial charge < -0.3 is 16.0 Å². The van der Waals surface area contributed by atoms with Crippen molar-refractivity contribution in [2.75, 3.05) is 11.1 Å². The predicted molar refractivity (Wildman–Crippen MR) is 119 cm³/mol. The van der Waals surface area contributed by atoms with Crippen LogP contribution >= 0.6 is 0 Å². The number of anilines is 2. The van der Waals surface area contributed by atoms with Crippen molar-refractivity contribution in [3.8, 4) is 11.1 Å². The van der Waals surface area contributed by atoms with Gasteiger partial charge in [-0.2, -0.15) is 0 Å². The maximum Gasteiger partial charge on any atom is 0.255 e. The molecule has 6 nitrogen and oxygen atoms in total. The number of aromatic amines is 1. The number of aromatic nitrogens is 1. The van der Waals surface area contributed by atoms with Gasteiger partial charge in [0.15, 0.2) is 0 Å². The number of benzene rings is 3. The third-order valence-corrected chi connectivity index (χ3v) is 6.62. The van der Waals surface area contributed by atoms with Crippen LogP contribution in [0, 0.1) is 10.6 Å². The van der Waals surface area contributed by atoms with E-state index >= 15 is 0 Å². The summed E-state index contributed by atoms with van der Waals surface area (Å²) in [5.74, 6) is -0.727. The second-order valence-corrected chi connectivity index (χ2v) is 8.90. The van der Waals surface area contributed by atoms with Crippen molar-refractivity contribution < 1.29 is 13.4 Å². The first-order chi connectivity index (χ1) is 14.8. The van der Waals surface area contributed by atoms with Crippen molar-refractivity contribution in [3.05, 3.63) is 96.4 Å². The lowest BCUT2D eigenvalue weighted by Crippen LogP contribution is -2.13. The first kappa shape index (κ1) is 20.4. The van der Waals surface area contributed by atoms with E-state index in [1.807, 2.05) is 0 Å². The largest absolute Gasteiger partial charge is 0.397 e. The quantitative estimate of drug-likeness (QED) is 0.327. The normalized spacial score (nSPS) is 12.8. The minimum Gasteiger partial charge on any atom is -0.397 e. The highest BCUT2D eigenvalue weighted by Crippen LogP contribution is 2.28. The Morgan fingerprint density at radius 1 is 0.968 bits per heavy atom. The minimum absolute atomic E-state index is 0.296. The van der Waals surface area contributed by atoms with E-state index in [4.69, 9.17) is 10.5 Å². The number of halogens is 1. The molecule has 0 bridgehead atoms. The molecule has 1 amide bonds. The molecule has 0 spiro atoms. The van der Waals surface area contributed by atoms with Gasteiger partial charge in [0.25, 0.3) is 5.91 Å². The van der Waals surface area contributed by atoms with E-state index in [0.717, 1.165) is 11.1 Å². The molecule has 1 heterocycles. The Bertz CT molecular complexity index is 1330. The predicted octanol–water partition coefficient (Wildman–Crippen LogP) is 5.12. The summed E-state index contributed by atoms with van der Waals surface area (Å²) in [6.45, 7) is 0. The second kappa shape index (κ2) is 8.08. The molecule has 4 aromatic rings. The van der Waals surface area contributed by atoms with Crippen LogP contribution < -0.4 is 11.1 Å². The molecule has 0 saturated carbocycles. The lowest BCUT2D eigenvalue weighted by molar-refractivity contribution is 0.102. The number of amides is 1. The van der Waals surface area contributed by atoms with Gasteiger partial charge in [-0.15, -0.1) is 0 Å². The average molecular weight is 434 g/mol. The van der Waals surface area contributed by atoms with E-state index in [-0.39, 0.29) is 5.82 Å². The van der Waals surface area contributed by atoms with Crippen molar-refractivity contribution in [2.45, 2.75) is 9.92 Å². The molecule has 0 radical (unpaired) electrons. The summed E-state index contributed by atoms with van der Waals surface area (Å²) in [6, 6.07) is 20.5. The SMILES string of the molecule is N=S(=O)(c1ccc(C(=O)Nc2cc(-c3ccc(F)cc3)ccc2N)cc1)c1ccc[nH]1. The van der Waals surface area contributed by atoms with E-state index < -0.39 is 15.6 Å². The lowest BCUT2D eigenvalue weighted by Gasteiger charge is -2.12. The number of nitrogens with one attached hydrogen (secondary N) is 3. The second-order valence-electron chi connectivity index (χ2n) is 6.88. The Kier molecular flexibility index (Phi) is 5.31. The van der Waals surface area contributed by atoms with E-state index in [1.54, 1.807) is 48.7 Å². The molecule has 4 rings (SSSR count). The van der Waals surface area contributed by atoms with Crippen molar-refractivity contribution >= 4 is 27.0 Å². The standard InChI is InChI=1S/C23H19FN4O2S/c24-18-8-3-15(4-9-18)17-7-12-20(25)21(14-17)28-23(29)16-5-10-19(11-6-16)31(26,30)22-2-1-13-27-22/h1-14,26-27H,25H2,(H,28,29). The summed E-state index contributed by atoms with van der Waals surface area (Å²) in [7, 11) is -3.18. The zero-order chi connectivity index (χ0) is 22.0. The van der Waals surface area contributed by atoms with Gasteiger partial charge in [0.05, 0.1) is 16.3 Å². The average Bonchev–Trinajstić information content (AvgIpc) is 3.32. The van der Waals surface area contributed by atoms with Gasteiger partial charge in [-0.3, -0.25) is 4.79 Å². The van der Waals surface area contributed by atoms with Crippen LogP contribution in [0.15, 0.2) is 95.0 Å². The summed E-state index contributed by atoms with van der Waals surface area (Å²) in [5, 5.41) is 3.07. The topological polar surface area (TPSA) is 112 Å². The summed E-state index contributed by atoms with van der Waals surface area (Å²) in [5.41, 5.74) is 8.72. The van der Waals surface area contributed by atoms with Crippen LogP contribution in [-0.2, 0) is 9.73 Å². The van der Waals surface area contributed by atoms with Crippen LogP contribution in [-0.4, -0.2) is 15.1 Å². The van der Waals surface area contributed by atoms with Crippen LogP contribution in [0.2, 0.25) is 0 Å². The van der Waals surface area contributed by atoms with Crippen LogP contribution in [0.25, 0.3) is 11.1 Å². The van der Waals surface area contributed by atoms with Crippen molar-refractivity contribution in [1.29, 1.82) is 4.78 Å². The molecule has 8 heteroatoms. The van der Waals surface area contributed by atoms with Gasteiger partial charge in [-0.05, 0) is 71.8 Å². The number of hydrogen-bond acceptors (Lipinski definition) is 4. The molecule has 31 heavy (non-hydrogen) atoms. The third-order valence-electron chi connectivity index (χ3n) is 4.81. The van der Waals surface area contributed by atoms with Crippen LogP contribution in [0.1, 0.15) is 10.4 Å². The molecule has 0 aliphatic heterocycles. The van der Waals surface area contributed by atoms with Crippen LogP contribution in [0.4, 0.5) is 15.8 Å². The highest BCUT2D eigenvalue weighted by molar-refractivity contribution is 7.92. The Hall–Kier alpha value is -3.91. The fourth-order valence-corrected chi connectivity index (χ4v) is 4.38. The first-order valence-corrected chi connectivity index (χ1v) is 10.9. The molecule has 156 valence electrons. The molecule has 3 aromatic carbocycles. The molecular formula is C23H19FN4O2S. The molecule has 1 atom stereocenters. The van der Waals surface area contributed by atoms with Gasteiger partial charge >= 0.3 is 0 Å². The Morgan fingerprint density at radius 2 is 1.65 bits per heavy atom. The van der Waals surface area contributed by atoms with E-state index in [9.17, 15) is 13.4 Å². The molecule has 0 aliphatic carbocycles. The first-order valence-electron chi connectivity index (χ1n) is 9.34. The molecule has 0 saturated heterocycles. The molecule has 0 aliphatic rings. The Morgan fingerprint density at radius 3 is 2.29 bits per heavy atom. The van der Waals surface area contributed by atoms with Crippen molar-refractivity contribution in [2.24, 2.45) is 0 Å². The number of H-pyrrole nitrogens is 1. The number of carbonyl (C=O) groups is 1. The number of carbonyl (C=O) groups excluding carboxylic acids is 1. The molecule has 5 N–H and O–H groups in total. The van der Waals surface area contributed by atoms with Gasteiger partial charge in [-0.1, -0.05) is 18.2 Å². The lowest BCUT2D eigenvalue weighted by atomic mass is 10.0. The van der Waals surface area contributed by atoms with Crippen molar-refractivity contribution in [1.82, 2.24) is 4.98 Å². The summed E-state index contributed by atoms with van der Waals surface area (Å²) in [4.78, 5) is 15.8. The maximum absolute atomic E-state index is 13.2. The molecule has 1 aromatic heterocycles. The zero-order valence-electron chi connectivity index (χ0n) is 16.3. The number of nitrogens with two attached hydrogens (primary N) is 1. The highest BCUT2D eigenvalue weighted by atomic mass is 32.2. The monoisotopic (exact) mass is 434 g/mol. The van der Waals surface area contributed by atoms with E-state index in [2.05, 4.69) is 10.3 Å². The van der Waals surface area contributed by atoms with Gasteiger partial charge in [0.1, 0.15) is 20.6 Å². The summed E-state index contributed by atoms with van der Waals surface area (Å²) in [6.07, 6.45) is 1.61. The molecular weight excluding hydrogens is 415 g/mol. The van der Waals surface area contributed by atoms with E-state index in [1.165, 1.54) is 36.4 Å². The fraction of sp³-hybridized carbons (Fsp3) is 0. The summed E-state index contributed by atoms with van der Waals surface area (Å²) < 4.78 is 34.1. The van der Waals surface area contributed by atoms with Gasteiger partial charge in [0, 0.05) is 11.8 Å². The van der Waals surface area contributed by atoms with E-state index in [0.29, 0.717) is 26.9 Å². The zero-order valence-corrected chi connectivity index (χ0v) is 17.1. The highest BCUT2D eigenvalue weighted by Gasteiger charge is 2.16. The Labute approximate surface area is 178 Å². The maximum atomic E-state index is 13.2. The Balaban J connectivity index is 1.56. The number of hydrogen-bond donors (Lipinski definition) is 4. The fourth-order valence-electron chi connectivity index (χ4n) is 3.10. The minimum atomic E-state index is -3.18. The molecule has 0 fully saturated rings. The number of nitrogen functional groups attached to an aromatic ring is 1. The van der Waals surface area contributed by atoms with Crippen LogP contribution in [0.5, 0.6) is 0 Å². The summed E-state index contributed by atoms with van der Waals surface area (Å²) >= 11 is 0. The van der Waals surface area contributed by atoms with Crippen molar-refractivity contribution in [3.63, 3.8) is 0 Å². The van der Waals surface area contributed by atoms with Crippen LogP contribution in [0.3, 0.4) is 0 Å².